The first-order valence-corrected chi connectivity index (χ1v) is 10.3. The van der Waals surface area contributed by atoms with E-state index in [2.05, 4.69) is 89.2 Å². The molecule has 0 amide bonds. The molecule has 0 spiro atoms. The van der Waals surface area contributed by atoms with Crippen LogP contribution in [0.2, 0.25) is 0 Å². The highest BCUT2D eigenvalue weighted by molar-refractivity contribution is 7.18. The molecule has 0 aliphatic heterocycles. The molecule has 2 aromatic rings. The van der Waals surface area contributed by atoms with Gasteiger partial charge in [-0.15, -0.1) is 20.4 Å². The molecule has 1 aromatic heterocycles. The lowest BCUT2D eigenvalue weighted by Crippen LogP contribution is -2.36. The second kappa shape index (κ2) is 9.64. The Bertz CT molecular complexity index is 742. The van der Waals surface area contributed by atoms with Crippen molar-refractivity contribution in [2.45, 2.75) is 53.6 Å². The molecule has 1 aromatic carbocycles. The molecule has 0 aliphatic rings. The van der Waals surface area contributed by atoms with Crippen LogP contribution in [0.5, 0.6) is 0 Å². The van der Waals surface area contributed by atoms with Gasteiger partial charge in [-0.2, -0.15) is 0 Å². The summed E-state index contributed by atoms with van der Waals surface area (Å²) in [6.07, 6.45) is 0. The summed E-state index contributed by atoms with van der Waals surface area (Å²) in [5.41, 5.74) is 2.90. The van der Waals surface area contributed by atoms with E-state index in [0.717, 1.165) is 29.6 Å². The van der Waals surface area contributed by atoms with Gasteiger partial charge in [0.1, 0.15) is 5.69 Å². The summed E-state index contributed by atoms with van der Waals surface area (Å²) >= 11 is 1.46. The third-order valence-electron chi connectivity index (χ3n) is 4.36. The largest absolute Gasteiger partial charge is 0.386 e. The van der Waals surface area contributed by atoms with E-state index in [1.165, 1.54) is 17.0 Å². The molecule has 148 valence electrons. The Morgan fingerprint density at radius 3 is 2.26 bits per heavy atom. The molecule has 0 atom stereocenters. The molecule has 8 heteroatoms. The van der Waals surface area contributed by atoms with Crippen LogP contribution in [0.1, 0.15) is 41.5 Å². The van der Waals surface area contributed by atoms with Crippen molar-refractivity contribution in [3.05, 3.63) is 18.2 Å². The zero-order valence-electron chi connectivity index (χ0n) is 17.4. The summed E-state index contributed by atoms with van der Waals surface area (Å²) in [6, 6.07) is 6.87. The molecular weight excluding hydrogens is 358 g/mol. The van der Waals surface area contributed by atoms with Gasteiger partial charge in [-0.05, 0) is 59.7 Å². The number of nitrogens with zero attached hydrogens (tertiary/aromatic N) is 6. The van der Waals surface area contributed by atoms with Gasteiger partial charge in [0.05, 0.1) is 5.69 Å². The maximum Gasteiger partial charge on any atom is 0.253 e. The Labute approximate surface area is 166 Å². The fourth-order valence-corrected chi connectivity index (χ4v) is 4.02. The molecule has 7 nitrogen and oxygen atoms in total. The highest BCUT2D eigenvalue weighted by Crippen LogP contribution is 2.33. The van der Waals surface area contributed by atoms with E-state index >= 15 is 0 Å². The first-order valence-electron chi connectivity index (χ1n) is 9.51. The molecule has 0 saturated carbocycles. The van der Waals surface area contributed by atoms with Gasteiger partial charge in [0.2, 0.25) is 5.13 Å². The average Bonchev–Trinajstić information content (AvgIpc) is 3.09. The first-order chi connectivity index (χ1) is 12.9. The molecule has 0 unspecified atom stereocenters. The van der Waals surface area contributed by atoms with E-state index in [4.69, 9.17) is 0 Å². The number of anilines is 3. The Morgan fingerprint density at radius 1 is 1.04 bits per heavy atom. The maximum atomic E-state index is 4.40. The minimum absolute atomic E-state index is 0.353. The standard InChI is InChI=1S/C19H31N7S/c1-8-25(9-2)15-10-11-16(17(12-15)20-7)21-22-18-23-24-19(27-18)26(13(3)4)14(5)6/h10-14,20H,8-9H2,1-7H3. The van der Waals surface area contributed by atoms with Crippen LogP contribution in [0.15, 0.2) is 28.4 Å². The number of benzene rings is 1. The van der Waals surface area contributed by atoms with Crippen LogP contribution in [-0.4, -0.2) is 42.4 Å². The zero-order chi connectivity index (χ0) is 20.0. The molecule has 27 heavy (non-hydrogen) atoms. The van der Waals surface area contributed by atoms with Crippen LogP contribution < -0.4 is 15.1 Å². The van der Waals surface area contributed by atoms with Gasteiger partial charge in [0.25, 0.3) is 5.13 Å². The van der Waals surface area contributed by atoms with Crippen molar-refractivity contribution in [1.29, 1.82) is 0 Å². The lowest BCUT2D eigenvalue weighted by atomic mass is 10.2. The van der Waals surface area contributed by atoms with Crippen molar-refractivity contribution < 1.29 is 0 Å². The molecule has 0 saturated heterocycles. The van der Waals surface area contributed by atoms with Gasteiger partial charge in [-0.25, -0.2) is 0 Å². The van der Waals surface area contributed by atoms with Gasteiger partial charge < -0.3 is 15.1 Å². The Kier molecular flexibility index (Phi) is 7.53. The summed E-state index contributed by atoms with van der Waals surface area (Å²) in [5.74, 6) is 0. The number of azo groups is 1. The second-order valence-corrected chi connectivity index (χ2v) is 7.72. The van der Waals surface area contributed by atoms with Gasteiger partial charge >= 0.3 is 0 Å². The lowest BCUT2D eigenvalue weighted by molar-refractivity contribution is 0.603. The van der Waals surface area contributed by atoms with E-state index < -0.39 is 0 Å². The Hall–Kier alpha value is -2.22. The van der Waals surface area contributed by atoms with E-state index in [9.17, 15) is 0 Å². The van der Waals surface area contributed by atoms with Crippen molar-refractivity contribution >= 4 is 38.7 Å². The molecule has 2 rings (SSSR count). The smallest absolute Gasteiger partial charge is 0.253 e. The van der Waals surface area contributed by atoms with Crippen molar-refractivity contribution in [3.63, 3.8) is 0 Å². The minimum Gasteiger partial charge on any atom is -0.386 e. The lowest BCUT2D eigenvalue weighted by Gasteiger charge is -2.29. The molecule has 1 N–H and O–H groups in total. The van der Waals surface area contributed by atoms with Crippen LogP contribution >= 0.6 is 11.3 Å². The maximum absolute atomic E-state index is 4.40. The van der Waals surface area contributed by atoms with Gasteiger partial charge in [0.15, 0.2) is 0 Å². The first kappa shape index (κ1) is 21.1. The van der Waals surface area contributed by atoms with Crippen LogP contribution in [-0.2, 0) is 0 Å². The third-order valence-corrected chi connectivity index (χ3v) is 5.18. The highest BCUT2D eigenvalue weighted by Gasteiger charge is 2.18. The summed E-state index contributed by atoms with van der Waals surface area (Å²) in [7, 11) is 1.90. The van der Waals surface area contributed by atoms with E-state index in [0.29, 0.717) is 17.2 Å². The molecule has 0 bridgehead atoms. The van der Waals surface area contributed by atoms with Crippen molar-refractivity contribution in [3.8, 4) is 0 Å². The number of rotatable bonds is 9. The van der Waals surface area contributed by atoms with Crippen LogP contribution in [0.25, 0.3) is 0 Å². The van der Waals surface area contributed by atoms with Crippen molar-refractivity contribution in [1.82, 2.24) is 10.2 Å². The zero-order valence-corrected chi connectivity index (χ0v) is 18.2. The van der Waals surface area contributed by atoms with Gasteiger partial charge in [-0.3, -0.25) is 0 Å². The predicted octanol–water partition coefficient (Wildman–Crippen LogP) is 5.46. The Balaban J connectivity index is 2.23. The van der Waals surface area contributed by atoms with Gasteiger partial charge in [-0.1, -0.05) is 11.3 Å². The minimum atomic E-state index is 0.353. The van der Waals surface area contributed by atoms with Crippen LogP contribution in [0.4, 0.5) is 27.3 Å². The monoisotopic (exact) mass is 389 g/mol. The van der Waals surface area contributed by atoms with Crippen LogP contribution in [0.3, 0.4) is 0 Å². The number of aromatic nitrogens is 2. The summed E-state index contributed by atoms with van der Waals surface area (Å²) in [4.78, 5) is 4.53. The number of hydrogen-bond donors (Lipinski definition) is 1. The fraction of sp³-hybridized carbons (Fsp3) is 0.579. The second-order valence-electron chi connectivity index (χ2n) is 6.79. The number of hydrogen-bond acceptors (Lipinski definition) is 8. The summed E-state index contributed by atoms with van der Waals surface area (Å²) < 4.78 is 0. The van der Waals surface area contributed by atoms with Crippen molar-refractivity contribution in [2.75, 3.05) is 35.3 Å². The quantitative estimate of drug-likeness (QED) is 0.576. The molecule has 1 heterocycles. The molecular formula is C19H31N7S. The SMILES string of the molecule is CCN(CC)c1ccc(N=Nc2nnc(N(C(C)C)C(C)C)s2)c(NC)c1. The molecule has 0 fully saturated rings. The summed E-state index contributed by atoms with van der Waals surface area (Å²) in [6.45, 7) is 14.9. The third kappa shape index (κ3) is 5.15. The van der Waals surface area contributed by atoms with Gasteiger partial charge in [0, 0.05) is 37.9 Å². The molecule has 0 aliphatic carbocycles. The van der Waals surface area contributed by atoms with Crippen LogP contribution in [0, 0.1) is 0 Å². The predicted molar refractivity (Wildman–Crippen MR) is 116 cm³/mol. The van der Waals surface area contributed by atoms with E-state index in [-0.39, 0.29) is 0 Å². The van der Waals surface area contributed by atoms with E-state index in [1.807, 2.05) is 13.1 Å². The molecule has 0 radical (unpaired) electrons. The van der Waals surface area contributed by atoms with E-state index in [1.54, 1.807) is 0 Å². The summed E-state index contributed by atoms with van der Waals surface area (Å²) in [5, 5.41) is 21.8. The van der Waals surface area contributed by atoms with Crippen molar-refractivity contribution in [2.24, 2.45) is 10.2 Å². The number of nitrogens with one attached hydrogen (secondary N) is 1. The average molecular weight is 390 g/mol. The topological polar surface area (TPSA) is 69.0 Å². The normalized spacial score (nSPS) is 11.6. The highest BCUT2D eigenvalue weighted by atomic mass is 32.1. The Morgan fingerprint density at radius 2 is 1.70 bits per heavy atom. The fourth-order valence-electron chi connectivity index (χ4n) is 3.08.